The Morgan fingerprint density at radius 3 is 2.50 bits per heavy atom. The zero-order valence-electron chi connectivity index (χ0n) is 16.2. The van der Waals surface area contributed by atoms with Crippen LogP contribution in [0.1, 0.15) is 25.5 Å². The third-order valence-corrected chi connectivity index (χ3v) is 5.82. The summed E-state index contributed by atoms with van der Waals surface area (Å²) in [7, 11) is -5.31. The highest BCUT2D eigenvalue weighted by molar-refractivity contribution is 14.0. The van der Waals surface area contributed by atoms with E-state index in [1.807, 2.05) is 6.92 Å². The van der Waals surface area contributed by atoms with Gasteiger partial charge in [0.1, 0.15) is 12.3 Å². The van der Waals surface area contributed by atoms with Gasteiger partial charge in [-0.3, -0.25) is 4.79 Å². The van der Waals surface area contributed by atoms with Crippen LogP contribution >= 0.6 is 24.0 Å². The van der Waals surface area contributed by atoms with Gasteiger partial charge in [-0.25, -0.2) is 13.4 Å². The Bertz CT molecular complexity index is 794. The summed E-state index contributed by atoms with van der Waals surface area (Å²) in [6.07, 6.45) is 1.87. The molecule has 2 rings (SSSR count). The lowest BCUT2D eigenvalue weighted by Gasteiger charge is -2.32. The van der Waals surface area contributed by atoms with E-state index in [2.05, 4.69) is 20.9 Å². The number of amides is 1. The molecule has 172 valence electrons. The van der Waals surface area contributed by atoms with E-state index < -0.39 is 15.5 Å². The number of aliphatic imine (C=N–C) groups is 1. The second-order valence-corrected chi connectivity index (χ2v) is 8.25. The molecule has 3 N–H and O–H groups in total. The fourth-order valence-corrected chi connectivity index (χ4v) is 3.69. The number of halogens is 4. The van der Waals surface area contributed by atoms with Gasteiger partial charge in [-0.15, -0.1) is 24.0 Å². The fourth-order valence-electron chi connectivity index (χ4n) is 2.71. The number of hydrogen-bond donors (Lipinski definition) is 3. The van der Waals surface area contributed by atoms with Crippen molar-refractivity contribution >= 4 is 45.9 Å². The fraction of sp³-hybridized carbons (Fsp3) is 0.625. The molecule has 9 nitrogen and oxygen atoms in total. The standard InChI is InChI=1S/C16H24F3N5O4S.HI/c1-2-20-15(22-11-14(25)21-10-13-4-3-9-28-13)23-12-5-7-24(8-6-12)29(26,27)16(17,18)19;/h3-4,9,12H,2,5-8,10-11H2,1H3,(H,21,25)(H2,20,22,23);1H. The molecule has 1 aromatic heterocycles. The molecule has 1 aromatic rings. The summed E-state index contributed by atoms with van der Waals surface area (Å²) in [5.41, 5.74) is -5.30. The van der Waals surface area contributed by atoms with Crippen LogP contribution in [0.5, 0.6) is 0 Å². The van der Waals surface area contributed by atoms with Crippen LogP contribution < -0.4 is 16.0 Å². The molecule has 0 aromatic carbocycles. The number of hydrogen-bond acceptors (Lipinski definition) is 5. The number of carbonyl (C=O) groups is 1. The van der Waals surface area contributed by atoms with Crippen molar-refractivity contribution in [2.45, 2.75) is 37.9 Å². The summed E-state index contributed by atoms with van der Waals surface area (Å²) in [5.74, 6) is 0.607. The summed E-state index contributed by atoms with van der Waals surface area (Å²) in [6, 6.07) is 3.16. The first-order valence-corrected chi connectivity index (χ1v) is 10.5. The Balaban J connectivity index is 0.00000450. The van der Waals surface area contributed by atoms with Crippen molar-refractivity contribution in [3.63, 3.8) is 0 Å². The normalized spacial score (nSPS) is 16.6. The van der Waals surface area contributed by atoms with Gasteiger partial charge in [0.25, 0.3) is 0 Å². The van der Waals surface area contributed by atoms with Gasteiger partial charge in [-0.1, -0.05) is 0 Å². The average Bonchev–Trinajstić information content (AvgIpc) is 3.18. The largest absolute Gasteiger partial charge is 0.511 e. The van der Waals surface area contributed by atoms with Crippen LogP contribution in [0.2, 0.25) is 0 Å². The molecule has 14 heteroatoms. The molecule has 1 amide bonds. The highest BCUT2D eigenvalue weighted by Gasteiger charge is 2.50. The Morgan fingerprint density at radius 2 is 1.97 bits per heavy atom. The van der Waals surface area contributed by atoms with Crippen molar-refractivity contribution < 1.29 is 30.8 Å². The number of piperidine rings is 1. The number of nitrogens with zero attached hydrogens (tertiary/aromatic N) is 2. The van der Waals surface area contributed by atoms with Gasteiger partial charge in [0.15, 0.2) is 5.96 Å². The van der Waals surface area contributed by atoms with Crippen molar-refractivity contribution in [1.29, 1.82) is 0 Å². The van der Waals surface area contributed by atoms with Gasteiger partial charge in [0.05, 0.1) is 12.8 Å². The van der Waals surface area contributed by atoms with E-state index in [-0.39, 0.29) is 74.9 Å². The first-order chi connectivity index (χ1) is 13.6. The SMILES string of the molecule is CCNC(=NCC(=O)NCc1ccco1)NC1CCN(S(=O)(=O)C(F)(F)F)CC1.I. The topological polar surface area (TPSA) is 116 Å². The van der Waals surface area contributed by atoms with Crippen LogP contribution in [0.25, 0.3) is 0 Å². The van der Waals surface area contributed by atoms with E-state index in [9.17, 15) is 26.4 Å². The molecule has 0 unspecified atom stereocenters. The molecule has 0 radical (unpaired) electrons. The highest BCUT2D eigenvalue weighted by Crippen LogP contribution is 2.28. The molecule has 1 aliphatic rings. The molecule has 2 heterocycles. The third kappa shape index (κ3) is 7.61. The van der Waals surface area contributed by atoms with E-state index in [1.54, 1.807) is 12.1 Å². The molecule has 30 heavy (non-hydrogen) atoms. The predicted octanol–water partition coefficient (Wildman–Crippen LogP) is 1.38. The Hall–Kier alpha value is -1.55. The minimum atomic E-state index is -5.31. The molecule has 1 saturated heterocycles. The van der Waals surface area contributed by atoms with Crippen LogP contribution in [-0.2, 0) is 21.4 Å². The van der Waals surface area contributed by atoms with Crippen LogP contribution in [0.4, 0.5) is 13.2 Å². The smallest absolute Gasteiger partial charge is 0.467 e. The number of nitrogens with one attached hydrogen (secondary N) is 3. The van der Waals surface area contributed by atoms with Crippen molar-refractivity contribution in [1.82, 2.24) is 20.3 Å². The van der Waals surface area contributed by atoms with Crippen molar-refractivity contribution in [3.8, 4) is 0 Å². The van der Waals surface area contributed by atoms with E-state index in [0.29, 0.717) is 22.6 Å². The van der Waals surface area contributed by atoms with Crippen LogP contribution in [0, 0.1) is 0 Å². The maximum atomic E-state index is 12.6. The Kier molecular flexibility index (Phi) is 10.4. The van der Waals surface area contributed by atoms with Gasteiger partial charge in [0, 0.05) is 25.7 Å². The van der Waals surface area contributed by atoms with E-state index in [1.165, 1.54) is 6.26 Å². The summed E-state index contributed by atoms with van der Waals surface area (Å²) in [6.45, 7) is 1.92. The molecule has 1 aliphatic heterocycles. The van der Waals surface area contributed by atoms with Crippen LogP contribution in [-0.4, -0.2) is 62.3 Å². The quantitative estimate of drug-likeness (QED) is 0.261. The zero-order valence-corrected chi connectivity index (χ0v) is 19.4. The van der Waals surface area contributed by atoms with Crippen molar-refractivity contribution in [2.75, 3.05) is 26.2 Å². The Morgan fingerprint density at radius 1 is 1.30 bits per heavy atom. The lowest BCUT2D eigenvalue weighted by Crippen LogP contribution is -2.51. The molecular weight excluding hydrogens is 542 g/mol. The van der Waals surface area contributed by atoms with Crippen LogP contribution in [0.15, 0.2) is 27.8 Å². The molecule has 0 aliphatic carbocycles. The summed E-state index contributed by atoms with van der Waals surface area (Å²) < 4.78 is 66.4. The lowest BCUT2D eigenvalue weighted by molar-refractivity contribution is -0.119. The summed E-state index contributed by atoms with van der Waals surface area (Å²) >= 11 is 0. The molecule has 0 spiro atoms. The minimum Gasteiger partial charge on any atom is -0.467 e. The van der Waals surface area contributed by atoms with Gasteiger partial charge < -0.3 is 20.4 Å². The molecule has 0 saturated carbocycles. The number of sulfonamides is 1. The number of furan rings is 1. The van der Waals surface area contributed by atoms with Gasteiger partial charge in [-0.2, -0.15) is 17.5 Å². The minimum absolute atomic E-state index is 0. The van der Waals surface area contributed by atoms with Gasteiger partial charge >= 0.3 is 15.5 Å². The van der Waals surface area contributed by atoms with Crippen LogP contribution in [0.3, 0.4) is 0 Å². The van der Waals surface area contributed by atoms with Gasteiger partial charge in [0.2, 0.25) is 5.91 Å². The molecule has 0 atom stereocenters. The molecule has 1 fully saturated rings. The van der Waals surface area contributed by atoms with E-state index in [0.717, 1.165) is 0 Å². The summed E-state index contributed by atoms with van der Waals surface area (Å²) in [5, 5.41) is 8.63. The monoisotopic (exact) mass is 567 g/mol. The third-order valence-electron chi connectivity index (χ3n) is 4.19. The first kappa shape index (κ1) is 26.5. The lowest BCUT2D eigenvalue weighted by atomic mass is 10.1. The van der Waals surface area contributed by atoms with E-state index >= 15 is 0 Å². The highest BCUT2D eigenvalue weighted by atomic mass is 127. The number of rotatable bonds is 7. The maximum absolute atomic E-state index is 12.6. The molecular formula is C16H25F3IN5O4S. The van der Waals surface area contributed by atoms with Gasteiger partial charge in [-0.05, 0) is 31.9 Å². The Labute approximate surface area is 189 Å². The predicted molar refractivity (Wildman–Crippen MR) is 115 cm³/mol. The summed E-state index contributed by atoms with van der Waals surface area (Å²) in [4.78, 5) is 16.0. The number of carbonyl (C=O) groups excluding carboxylic acids is 1. The molecule has 0 bridgehead atoms. The van der Waals surface area contributed by atoms with E-state index in [4.69, 9.17) is 4.42 Å². The zero-order chi connectivity index (χ0) is 21.5. The average molecular weight is 567 g/mol. The second kappa shape index (κ2) is 11.7. The maximum Gasteiger partial charge on any atom is 0.511 e. The second-order valence-electron chi connectivity index (χ2n) is 6.32. The van der Waals surface area contributed by atoms with Crippen molar-refractivity contribution in [2.24, 2.45) is 4.99 Å². The van der Waals surface area contributed by atoms with Crippen molar-refractivity contribution in [3.05, 3.63) is 24.2 Å². The number of alkyl halides is 3. The number of guanidine groups is 1. The first-order valence-electron chi connectivity index (χ1n) is 9.04.